The van der Waals surface area contributed by atoms with Crippen LogP contribution < -0.4 is 10.6 Å². The molecule has 0 atom stereocenters. The van der Waals surface area contributed by atoms with Gasteiger partial charge in [-0.2, -0.15) is 0 Å². The average Bonchev–Trinajstić information content (AvgIpc) is 3.08. The lowest BCUT2D eigenvalue weighted by atomic mass is 10.2. The van der Waals surface area contributed by atoms with E-state index in [1.165, 1.54) is 11.3 Å². The van der Waals surface area contributed by atoms with Crippen molar-refractivity contribution < 1.29 is 9.59 Å². The maximum atomic E-state index is 12.4. The number of amides is 2. The molecule has 2 heterocycles. The summed E-state index contributed by atoms with van der Waals surface area (Å²) in [4.78, 5) is 33.4. The summed E-state index contributed by atoms with van der Waals surface area (Å²) in [5, 5.41) is 6.54. The average molecular weight is 395 g/mol. The van der Waals surface area contributed by atoms with Crippen LogP contribution in [0.15, 0.2) is 54.9 Å². The monoisotopic (exact) mass is 394 g/mol. The highest BCUT2D eigenvalue weighted by atomic mass is 32.1. The van der Waals surface area contributed by atoms with E-state index in [9.17, 15) is 9.59 Å². The van der Waals surface area contributed by atoms with Gasteiger partial charge in [-0.1, -0.05) is 30.3 Å². The Morgan fingerprint density at radius 3 is 2.50 bits per heavy atom. The van der Waals surface area contributed by atoms with Crippen LogP contribution in [0.1, 0.15) is 37.9 Å². The number of nitrogens with one attached hydrogen (secondary N) is 2. The number of carbonyl (C=O) groups excluding carboxylic acids is 2. The molecule has 3 rings (SSSR count). The second kappa shape index (κ2) is 9.75. The Morgan fingerprint density at radius 2 is 1.75 bits per heavy atom. The standard InChI is InChI=1S/C21H22N4O2S/c1-15-20(28-19(25-15)13-16-5-3-2-4-6-16)21(27)23-12-9-18(26)24-14-17-7-10-22-11-8-17/h2-8,10-11H,9,12-14H2,1H3,(H,23,27)(H,24,26). The van der Waals surface area contributed by atoms with E-state index in [2.05, 4.69) is 20.6 Å². The number of pyridine rings is 1. The van der Waals surface area contributed by atoms with Gasteiger partial charge in [0.1, 0.15) is 4.88 Å². The molecule has 0 bridgehead atoms. The summed E-state index contributed by atoms with van der Waals surface area (Å²) in [6.45, 7) is 2.57. The van der Waals surface area contributed by atoms with Gasteiger partial charge in [0.05, 0.1) is 10.7 Å². The van der Waals surface area contributed by atoms with Crippen LogP contribution in [0.25, 0.3) is 0 Å². The van der Waals surface area contributed by atoms with Gasteiger partial charge in [-0.15, -0.1) is 11.3 Å². The minimum absolute atomic E-state index is 0.108. The molecule has 0 aliphatic rings. The summed E-state index contributed by atoms with van der Waals surface area (Å²) in [7, 11) is 0. The summed E-state index contributed by atoms with van der Waals surface area (Å²) in [5.74, 6) is -0.292. The van der Waals surface area contributed by atoms with Crippen LogP contribution in [0.4, 0.5) is 0 Å². The van der Waals surface area contributed by atoms with Crippen LogP contribution in [0.2, 0.25) is 0 Å². The Labute approximate surface area is 168 Å². The van der Waals surface area contributed by atoms with Gasteiger partial charge in [0.25, 0.3) is 5.91 Å². The van der Waals surface area contributed by atoms with E-state index in [0.717, 1.165) is 21.8 Å². The molecular weight excluding hydrogens is 372 g/mol. The van der Waals surface area contributed by atoms with Crippen LogP contribution in [0, 0.1) is 6.92 Å². The third-order valence-electron chi connectivity index (χ3n) is 4.12. The van der Waals surface area contributed by atoms with Crippen LogP contribution in [0.3, 0.4) is 0 Å². The minimum Gasteiger partial charge on any atom is -0.352 e. The lowest BCUT2D eigenvalue weighted by Crippen LogP contribution is -2.30. The molecule has 0 aliphatic carbocycles. The van der Waals surface area contributed by atoms with Crippen molar-refractivity contribution in [2.75, 3.05) is 6.54 Å². The summed E-state index contributed by atoms with van der Waals surface area (Å²) in [5.41, 5.74) is 2.86. The van der Waals surface area contributed by atoms with E-state index in [-0.39, 0.29) is 24.8 Å². The van der Waals surface area contributed by atoms with Gasteiger partial charge in [0.15, 0.2) is 0 Å². The first kappa shape index (κ1) is 19.7. The maximum Gasteiger partial charge on any atom is 0.263 e. The second-order valence-corrected chi connectivity index (χ2v) is 7.41. The fourth-order valence-electron chi connectivity index (χ4n) is 2.67. The molecule has 6 nitrogen and oxygen atoms in total. The summed E-state index contributed by atoms with van der Waals surface area (Å²) in [6.07, 6.45) is 4.30. The van der Waals surface area contributed by atoms with E-state index >= 15 is 0 Å². The number of aromatic nitrogens is 2. The van der Waals surface area contributed by atoms with E-state index in [1.54, 1.807) is 12.4 Å². The normalized spacial score (nSPS) is 10.5. The van der Waals surface area contributed by atoms with Gasteiger partial charge in [0, 0.05) is 38.3 Å². The molecule has 0 saturated carbocycles. The van der Waals surface area contributed by atoms with Gasteiger partial charge < -0.3 is 10.6 Å². The molecule has 0 spiro atoms. The molecular formula is C21H22N4O2S. The van der Waals surface area contributed by atoms with Crippen molar-refractivity contribution in [3.8, 4) is 0 Å². The largest absolute Gasteiger partial charge is 0.352 e. The zero-order chi connectivity index (χ0) is 19.8. The quantitative estimate of drug-likeness (QED) is 0.615. The molecule has 3 aromatic rings. The van der Waals surface area contributed by atoms with E-state index in [4.69, 9.17) is 0 Å². The molecule has 0 saturated heterocycles. The highest BCUT2D eigenvalue weighted by molar-refractivity contribution is 7.13. The number of rotatable bonds is 8. The molecule has 1 aromatic carbocycles. The zero-order valence-corrected chi connectivity index (χ0v) is 16.5. The van der Waals surface area contributed by atoms with Crippen molar-refractivity contribution in [3.63, 3.8) is 0 Å². The van der Waals surface area contributed by atoms with Crippen molar-refractivity contribution in [3.05, 3.63) is 81.6 Å². The number of aryl methyl sites for hydroxylation is 1. The molecule has 2 aromatic heterocycles. The molecule has 144 valence electrons. The van der Waals surface area contributed by atoms with E-state index < -0.39 is 0 Å². The van der Waals surface area contributed by atoms with Gasteiger partial charge >= 0.3 is 0 Å². The SMILES string of the molecule is Cc1nc(Cc2ccccc2)sc1C(=O)NCCC(=O)NCc1ccncc1. The Hall–Kier alpha value is -3.06. The first-order valence-corrected chi connectivity index (χ1v) is 9.87. The van der Waals surface area contributed by atoms with Gasteiger partial charge in [0.2, 0.25) is 5.91 Å². The highest BCUT2D eigenvalue weighted by Crippen LogP contribution is 2.20. The number of nitrogens with zero attached hydrogens (tertiary/aromatic N) is 2. The molecule has 2 amide bonds. The summed E-state index contributed by atoms with van der Waals surface area (Å²) in [6, 6.07) is 13.7. The first-order valence-electron chi connectivity index (χ1n) is 9.06. The first-order chi connectivity index (χ1) is 13.6. The Morgan fingerprint density at radius 1 is 1.00 bits per heavy atom. The van der Waals surface area contributed by atoms with Crippen LogP contribution in [-0.2, 0) is 17.8 Å². The highest BCUT2D eigenvalue weighted by Gasteiger charge is 2.15. The van der Waals surface area contributed by atoms with Crippen molar-refractivity contribution in [1.29, 1.82) is 0 Å². The predicted molar refractivity (Wildman–Crippen MR) is 109 cm³/mol. The molecule has 7 heteroatoms. The summed E-state index contributed by atoms with van der Waals surface area (Å²) < 4.78 is 0. The fraction of sp³-hybridized carbons (Fsp3) is 0.238. The van der Waals surface area contributed by atoms with Gasteiger partial charge in [-0.3, -0.25) is 14.6 Å². The minimum atomic E-state index is -0.184. The smallest absolute Gasteiger partial charge is 0.263 e. The summed E-state index contributed by atoms with van der Waals surface area (Å²) >= 11 is 1.40. The van der Waals surface area contributed by atoms with E-state index in [0.29, 0.717) is 17.8 Å². The molecule has 28 heavy (non-hydrogen) atoms. The molecule has 0 fully saturated rings. The van der Waals surface area contributed by atoms with Crippen molar-refractivity contribution in [2.24, 2.45) is 0 Å². The number of hydrogen-bond donors (Lipinski definition) is 2. The Bertz CT molecular complexity index is 926. The van der Waals surface area contributed by atoms with Crippen molar-refractivity contribution in [2.45, 2.75) is 26.3 Å². The van der Waals surface area contributed by atoms with Gasteiger partial charge in [-0.05, 0) is 30.2 Å². The fourth-order valence-corrected chi connectivity index (χ4v) is 3.68. The lowest BCUT2D eigenvalue weighted by molar-refractivity contribution is -0.121. The molecule has 0 unspecified atom stereocenters. The van der Waals surface area contributed by atoms with E-state index in [1.807, 2.05) is 49.4 Å². The topological polar surface area (TPSA) is 84.0 Å². The second-order valence-electron chi connectivity index (χ2n) is 6.32. The number of hydrogen-bond acceptors (Lipinski definition) is 5. The third-order valence-corrected chi connectivity index (χ3v) is 5.28. The number of benzene rings is 1. The third kappa shape index (κ3) is 5.72. The molecule has 0 radical (unpaired) electrons. The Balaban J connectivity index is 1.45. The van der Waals surface area contributed by atoms with Crippen LogP contribution in [0.5, 0.6) is 0 Å². The zero-order valence-electron chi connectivity index (χ0n) is 15.6. The van der Waals surface area contributed by atoms with Gasteiger partial charge in [-0.25, -0.2) is 4.98 Å². The van der Waals surface area contributed by atoms with Crippen LogP contribution in [-0.4, -0.2) is 28.3 Å². The lowest BCUT2D eigenvalue weighted by Gasteiger charge is -2.06. The van der Waals surface area contributed by atoms with Crippen LogP contribution >= 0.6 is 11.3 Å². The Kier molecular flexibility index (Phi) is 6.86. The molecule has 2 N–H and O–H groups in total. The number of carbonyl (C=O) groups is 2. The maximum absolute atomic E-state index is 12.4. The predicted octanol–water partition coefficient (Wildman–Crippen LogP) is 2.87. The van der Waals surface area contributed by atoms with Crippen molar-refractivity contribution in [1.82, 2.24) is 20.6 Å². The molecule has 0 aliphatic heterocycles. The van der Waals surface area contributed by atoms with Crippen molar-refractivity contribution >= 4 is 23.2 Å². The number of thiazole rings is 1.